The highest BCUT2D eigenvalue weighted by Crippen LogP contribution is 2.58. The minimum Gasteiger partial charge on any atom is -0.493 e. The van der Waals surface area contributed by atoms with Gasteiger partial charge in [-0.1, -0.05) is 18.7 Å². The Bertz CT molecular complexity index is 1420. The number of nitriles is 1. The van der Waals surface area contributed by atoms with Crippen molar-refractivity contribution in [3.05, 3.63) is 52.1 Å². The molecule has 0 amide bonds. The third-order valence-corrected chi connectivity index (χ3v) is 9.09. The quantitative estimate of drug-likeness (QED) is 0.380. The topological polar surface area (TPSA) is 106 Å². The smallest absolute Gasteiger partial charge is 0.231 e. The maximum absolute atomic E-state index is 11.0. The van der Waals surface area contributed by atoms with Crippen molar-refractivity contribution < 1.29 is 33.5 Å². The van der Waals surface area contributed by atoms with Crippen LogP contribution in [0.25, 0.3) is 0 Å². The van der Waals surface area contributed by atoms with E-state index >= 15 is 0 Å². The van der Waals surface area contributed by atoms with Gasteiger partial charge in [0.05, 0.1) is 31.9 Å². The Balaban J connectivity index is 1.60. The number of methoxy groups -OCH3 is 2. The lowest BCUT2D eigenvalue weighted by Crippen LogP contribution is -2.68. The van der Waals surface area contributed by atoms with Gasteiger partial charge in [-0.2, -0.15) is 5.26 Å². The molecule has 5 atom stereocenters. The predicted molar refractivity (Wildman–Crippen MR) is 150 cm³/mol. The second-order valence-corrected chi connectivity index (χ2v) is 11.1. The molecule has 2 bridgehead atoms. The Morgan fingerprint density at radius 3 is 2.56 bits per heavy atom. The molecule has 0 aromatic heterocycles. The van der Waals surface area contributed by atoms with Crippen molar-refractivity contribution >= 4 is 0 Å². The van der Waals surface area contributed by atoms with E-state index in [0.29, 0.717) is 48.2 Å². The van der Waals surface area contributed by atoms with Crippen LogP contribution in [0.15, 0.2) is 18.7 Å². The third-order valence-electron chi connectivity index (χ3n) is 9.09. The Morgan fingerprint density at radius 2 is 1.88 bits per heavy atom. The average molecular weight is 564 g/mol. The normalized spacial score (nSPS) is 25.9. The third kappa shape index (κ3) is 3.98. The molecule has 10 heteroatoms. The second-order valence-electron chi connectivity index (χ2n) is 11.1. The van der Waals surface area contributed by atoms with E-state index in [2.05, 4.69) is 35.6 Å². The maximum Gasteiger partial charge on any atom is 0.231 e. The first-order valence-corrected chi connectivity index (χ1v) is 13.9. The highest BCUT2D eigenvalue weighted by Gasteiger charge is 2.56. The molecule has 1 N–H and O–H groups in total. The number of aliphatic hydroxyl groups excluding tert-OH is 1. The molecule has 2 aromatic carbocycles. The molecule has 0 radical (unpaired) electrons. The molecule has 218 valence electrons. The Morgan fingerprint density at radius 1 is 1.10 bits per heavy atom. The molecule has 6 rings (SSSR count). The summed E-state index contributed by atoms with van der Waals surface area (Å²) in [7, 11) is 5.32. The molecule has 10 nitrogen and oxygen atoms in total. The zero-order chi connectivity index (χ0) is 29.0. The lowest BCUT2D eigenvalue weighted by molar-refractivity contribution is -0.0832. The van der Waals surface area contributed by atoms with Crippen molar-refractivity contribution in [1.82, 2.24) is 9.80 Å². The maximum atomic E-state index is 11.0. The summed E-state index contributed by atoms with van der Waals surface area (Å²) in [5, 5.41) is 21.6. The zero-order valence-corrected chi connectivity index (χ0v) is 24.2. The summed E-state index contributed by atoms with van der Waals surface area (Å²) < 4.78 is 35.6. The molecule has 4 heterocycles. The van der Waals surface area contributed by atoms with Crippen LogP contribution in [0.1, 0.15) is 45.5 Å². The van der Waals surface area contributed by atoms with E-state index in [1.54, 1.807) is 20.3 Å². The fourth-order valence-electron chi connectivity index (χ4n) is 7.58. The molecular weight excluding hydrogens is 526 g/mol. The highest BCUT2D eigenvalue weighted by atomic mass is 16.7. The number of fused-ring (bicyclic) bond motifs is 9. The van der Waals surface area contributed by atoms with Crippen molar-refractivity contribution in [2.45, 2.75) is 56.9 Å². The van der Waals surface area contributed by atoms with Crippen molar-refractivity contribution in [2.75, 3.05) is 48.1 Å². The van der Waals surface area contributed by atoms with Crippen LogP contribution in [0.3, 0.4) is 0 Å². The fourth-order valence-corrected chi connectivity index (χ4v) is 7.58. The highest BCUT2D eigenvalue weighted by molar-refractivity contribution is 5.66. The minimum absolute atomic E-state index is 0.0750. The number of aryl methyl sites for hydroxylation is 1. The van der Waals surface area contributed by atoms with Crippen molar-refractivity contribution in [2.24, 2.45) is 0 Å². The van der Waals surface area contributed by atoms with E-state index in [-0.39, 0.29) is 38.3 Å². The van der Waals surface area contributed by atoms with E-state index < -0.39 is 12.1 Å². The van der Waals surface area contributed by atoms with Gasteiger partial charge in [0.25, 0.3) is 0 Å². The Labute approximate surface area is 240 Å². The summed E-state index contributed by atoms with van der Waals surface area (Å²) in [5.41, 5.74) is 5.78. The van der Waals surface area contributed by atoms with Gasteiger partial charge < -0.3 is 33.5 Å². The van der Waals surface area contributed by atoms with Crippen LogP contribution >= 0.6 is 0 Å². The van der Waals surface area contributed by atoms with Crippen LogP contribution in [-0.2, 0) is 17.6 Å². The number of ether oxygens (including phenoxy) is 6. The van der Waals surface area contributed by atoms with Crippen LogP contribution in [0.2, 0.25) is 0 Å². The van der Waals surface area contributed by atoms with Gasteiger partial charge in [-0.15, -0.1) is 0 Å². The first-order valence-electron chi connectivity index (χ1n) is 13.9. The number of nitrogens with zero attached hydrogens (tertiary/aromatic N) is 3. The Kier molecular flexibility index (Phi) is 7.24. The molecule has 0 spiro atoms. The number of rotatable bonds is 8. The van der Waals surface area contributed by atoms with Crippen LogP contribution in [0, 0.1) is 25.2 Å². The molecule has 2 unspecified atom stereocenters. The Hall–Kier alpha value is -3.49. The van der Waals surface area contributed by atoms with Crippen LogP contribution in [0.4, 0.5) is 0 Å². The number of benzene rings is 2. The lowest BCUT2D eigenvalue weighted by atomic mass is 9.71. The van der Waals surface area contributed by atoms with Gasteiger partial charge in [-0.3, -0.25) is 9.80 Å². The number of likely N-dealkylation sites (N-methyl/N-ethyl adjacent to an activating group) is 1. The van der Waals surface area contributed by atoms with Crippen molar-refractivity contribution in [3.8, 4) is 34.8 Å². The summed E-state index contributed by atoms with van der Waals surface area (Å²) in [5.74, 6) is 3.30. The molecule has 1 saturated heterocycles. The van der Waals surface area contributed by atoms with Crippen molar-refractivity contribution in [1.29, 1.82) is 5.26 Å². The molecular formula is C31H37N3O7. The van der Waals surface area contributed by atoms with Gasteiger partial charge in [0.15, 0.2) is 29.8 Å². The van der Waals surface area contributed by atoms with Crippen LogP contribution in [0.5, 0.6) is 28.7 Å². The summed E-state index contributed by atoms with van der Waals surface area (Å²) in [6.45, 7) is 8.11. The monoisotopic (exact) mass is 563 g/mol. The summed E-state index contributed by atoms with van der Waals surface area (Å²) >= 11 is 0. The van der Waals surface area contributed by atoms with Gasteiger partial charge in [-0.25, -0.2) is 0 Å². The first-order chi connectivity index (χ1) is 19.9. The lowest BCUT2D eigenvalue weighted by Gasteiger charge is -2.59. The van der Waals surface area contributed by atoms with E-state index in [4.69, 9.17) is 28.4 Å². The van der Waals surface area contributed by atoms with E-state index in [0.717, 1.165) is 33.4 Å². The average Bonchev–Trinajstić information content (AvgIpc) is 3.46. The number of aliphatic hydroxyl groups is 1. The minimum atomic E-state index is -0.494. The molecule has 1 fully saturated rings. The van der Waals surface area contributed by atoms with Gasteiger partial charge in [0.2, 0.25) is 6.79 Å². The largest absolute Gasteiger partial charge is 0.493 e. The molecule has 0 saturated carbocycles. The molecule has 4 aliphatic rings. The van der Waals surface area contributed by atoms with Gasteiger partial charge in [0, 0.05) is 41.4 Å². The second kappa shape index (κ2) is 10.7. The van der Waals surface area contributed by atoms with Crippen LogP contribution < -0.4 is 23.7 Å². The number of hydrogen-bond acceptors (Lipinski definition) is 10. The van der Waals surface area contributed by atoms with E-state index in [1.807, 2.05) is 13.8 Å². The number of piperazine rings is 1. The fraction of sp³-hybridized carbons (Fsp3) is 0.516. The number of hydrogen-bond donors (Lipinski definition) is 1. The summed E-state index contributed by atoms with van der Waals surface area (Å²) in [6, 6.07) is 3.36. The summed E-state index contributed by atoms with van der Waals surface area (Å²) in [4.78, 5) is 4.50. The standard InChI is InChI=1S/C31H37N3O7/c1-7-8-38-28-17(3)29-31(41-15-40-29)25-19(28)11-21-26-24-18(9-16(2)27(37-6)30(24)39-14-36-5)10-20(33(26)4)22(12-32)34(21)23(25)13-35/h7,9,20-23,26,35H,1,8,10-11,13-15H2,2-6H3/t20?,21?,22-,23-,26-/m0/s1. The van der Waals surface area contributed by atoms with E-state index in [9.17, 15) is 10.4 Å². The molecule has 2 aromatic rings. The predicted octanol–water partition coefficient (Wildman–Crippen LogP) is 3.35. The van der Waals surface area contributed by atoms with E-state index in [1.165, 1.54) is 0 Å². The van der Waals surface area contributed by atoms with Gasteiger partial charge >= 0.3 is 0 Å². The van der Waals surface area contributed by atoms with Crippen molar-refractivity contribution in [3.63, 3.8) is 0 Å². The van der Waals surface area contributed by atoms with Gasteiger partial charge in [-0.05, 0) is 44.9 Å². The SMILES string of the molecule is C=CCOc1c(C)c2c(c3c1CC1[C@H]4c5c(cc(C)c(OC)c5OCOC)CC([C@H](C#N)N1[C@H]3CO)N4C)OCO2. The first kappa shape index (κ1) is 27.7. The molecule has 0 aliphatic carbocycles. The molecule has 41 heavy (non-hydrogen) atoms. The van der Waals surface area contributed by atoms with Crippen LogP contribution in [-0.4, -0.2) is 81.1 Å². The van der Waals surface area contributed by atoms with Gasteiger partial charge in [0.1, 0.15) is 18.4 Å². The zero-order valence-electron chi connectivity index (χ0n) is 24.2. The summed E-state index contributed by atoms with van der Waals surface area (Å²) in [6.07, 6.45) is 2.93. The molecule has 4 aliphatic heterocycles.